The summed E-state index contributed by atoms with van der Waals surface area (Å²) in [5.41, 5.74) is 0. The summed E-state index contributed by atoms with van der Waals surface area (Å²) in [6, 6.07) is 5.51. The van der Waals surface area contributed by atoms with E-state index in [0.29, 0.717) is 23.5 Å². The Morgan fingerprint density at radius 2 is 1.92 bits per heavy atom. The fraction of sp³-hybridized carbons (Fsp3) is 0.579. The highest BCUT2D eigenvalue weighted by atomic mass is 16.5. The van der Waals surface area contributed by atoms with Gasteiger partial charge in [-0.1, -0.05) is 12.8 Å². The van der Waals surface area contributed by atoms with E-state index in [4.69, 9.17) is 4.74 Å². The molecule has 1 amide bonds. The van der Waals surface area contributed by atoms with Crippen LogP contribution in [0.4, 0.5) is 0 Å². The van der Waals surface area contributed by atoms with Gasteiger partial charge in [0.15, 0.2) is 5.82 Å². The maximum atomic E-state index is 12.4. The Labute approximate surface area is 153 Å². The molecule has 1 saturated heterocycles. The van der Waals surface area contributed by atoms with Gasteiger partial charge in [0.05, 0.1) is 0 Å². The average Bonchev–Trinajstić information content (AvgIpc) is 3.37. The summed E-state index contributed by atoms with van der Waals surface area (Å²) in [6.07, 6.45) is 11.1. The van der Waals surface area contributed by atoms with Crippen molar-refractivity contribution in [3.8, 4) is 11.7 Å². The van der Waals surface area contributed by atoms with Crippen LogP contribution in [0, 0.1) is 5.92 Å². The summed E-state index contributed by atoms with van der Waals surface area (Å²) in [4.78, 5) is 14.4. The maximum absolute atomic E-state index is 12.4. The standard InChI is InChI=1S/C19H25N5O2/c25-19(14-15-4-1-2-5-15)23-12-8-16(9-13-23)26-18-7-6-17(21-22-18)24-11-3-10-20-24/h3,6-7,10-11,15-16H,1-2,4-5,8-9,12-14H2. The van der Waals surface area contributed by atoms with E-state index in [1.807, 2.05) is 29.3 Å². The molecule has 2 aliphatic rings. The Bertz CT molecular complexity index is 702. The van der Waals surface area contributed by atoms with Crippen molar-refractivity contribution in [2.75, 3.05) is 13.1 Å². The van der Waals surface area contributed by atoms with Crippen LogP contribution in [0.5, 0.6) is 5.88 Å². The zero-order valence-electron chi connectivity index (χ0n) is 15.0. The number of hydrogen-bond acceptors (Lipinski definition) is 5. The van der Waals surface area contributed by atoms with Gasteiger partial charge in [0.25, 0.3) is 0 Å². The number of aromatic nitrogens is 4. The van der Waals surface area contributed by atoms with Gasteiger partial charge in [-0.05, 0) is 30.9 Å². The molecule has 2 aromatic heterocycles. The van der Waals surface area contributed by atoms with Crippen LogP contribution in [-0.2, 0) is 4.79 Å². The average molecular weight is 355 g/mol. The number of amides is 1. The molecule has 0 N–H and O–H groups in total. The molecule has 26 heavy (non-hydrogen) atoms. The van der Waals surface area contributed by atoms with Crippen LogP contribution < -0.4 is 4.74 Å². The molecule has 1 aliphatic heterocycles. The SMILES string of the molecule is O=C(CC1CCCC1)N1CCC(Oc2ccc(-n3cccn3)nn2)CC1. The van der Waals surface area contributed by atoms with Crippen molar-refractivity contribution in [1.29, 1.82) is 0 Å². The van der Waals surface area contributed by atoms with Gasteiger partial charge in [-0.2, -0.15) is 5.10 Å². The molecule has 1 saturated carbocycles. The van der Waals surface area contributed by atoms with Crippen LogP contribution in [0.1, 0.15) is 44.9 Å². The zero-order chi connectivity index (χ0) is 17.8. The minimum absolute atomic E-state index is 0.0929. The van der Waals surface area contributed by atoms with Crippen molar-refractivity contribution in [2.24, 2.45) is 5.92 Å². The highest BCUT2D eigenvalue weighted by Crippen LogP contribution is 2.28. The van der Waals surface area contributed by atoms with E-state index in [2.05, 4.69) is 15.3 Å². The number of hydrogen-bond donors (Lipinski definition) is 0. The molecule has 7 heteroatoms. The molecule has 0 spiro atoms. The number of nitrogens with zero attached hydrogens (tertiary/aromatic N) is 5. The largest absolute Gasteiger partial charge is 0.473 e. The van der Waals surface area contributed by atoms with Gasteiger partial charge in [0, 0.05) is 50.8 Å². The Morgan fingerprint density at radius 1 is 1.12 bits per heavy atom. The lowest BCUT2D eigenvalue weighted by atomic mass is 10.0. The van der Waals surface area contributed by atoms with E-state index in [1.165, 1.54) is 25.7 Å². The lowest BCUT2D eigenvalue weighted by Gasteiger charge is -2.32. The number of piperidine rings is 1. The first kappa shape index (κ1) is 17.0. The van der Waals surface area contributed by atoms with Crippen molar-refractivity contribution < 1.29 is 9.53 Å². The van der Waals surface area contributed by atoms with Crippen molar-refractivity contribution in [3.63, 3.8) is 0 Å². The predicted molar refractivity (Wildman–Crippen MR) is 96.0 cm³/mol. The van der Waals surface area contributed by atoms with Crippen LogP contribution in [0.2, 0.25) is 0 Å². The van der Waals surface area contributed by atoms with E-state index in [-0.39, 0.29) is 6.10 Å². The molecular weight excluding hydrogens is 330 g/mol. The topological polar surface area (TPSA) is 73.1 Å². The molecular formula is C19H25N5O2. The highest BCUT2D eigenvalue weighted by molar-refractivity contribution is 5.76. The van der Waals surface area contributed by atoms with Gasteiger partial charge < -0.3 is 9.64 Å². The van der Waals surface area contributed by atoms with Crippen molar-refractivity contribution in [2.45, 2.75) is 51.0 Å². The minimum Gasteiger partial charge on any atom is -0.473 e. The number of ether oxygens (including phenoxy) is 1. The maximum Gasteiger partial charge on any atom is 0.233 e. The fourth-order valence-corrected chi connectivity index (χ4v) is 3.89. The summed E-state index contributed by atoms with van der Waals surface area (Å²) in [5, 5.41) is 12.4. The highest BCUT2D eigenvalue weighted by Gasteiger charge is 2.27. The molecule has 3 heterocycles. The lowest BCUT2D eigenvalue weighted by molar-refractivity contribution is -0.134. The van der Waals surface area contributed by atoms with E-state index in [1.54, 1.807) is 10.9 Å². The van der Waals surface area contributed by atoms with Crippen molar-refractivity contribution >= 4 is 5.91 Å². The Morgan fingerprint density at radius 3 is 2.58 bits per heavy atom. The van der Waals surface area contributed by atoms with Gasteiger partial charge in [0.1, 0.15) is 6.10 Å². The summed E-state index contributed by atoms with van der Waals surface area (Å²) in [5.74, 6) is 2.12. The minimum atomic E-state index is 0.0929. The Hall–Kier alpha value is -2.44. The van der Waals surface area contributed by atoms with E-state index in [9.17, 15) is 4.79 Å². The Kier molecular flexibility index (Phi) is 5.13. The molecule has 1 aliphatic carbocycles. The molecule has 0 atom stereocenters. The molecule has 0 aromatic carbocycles. The second kappa shape index (κ2) is 7.85. The molecule has 0 unspecified atom stereocenters. The van der Waals surface area contributed by atoms with E-state index >= 15 is 0 Å². The predicted octanol–water partition coefficient (Wildman–Crippen LogP) is 2.61. The third-order valence-corrected chi connectivity index (χ3v) is 5.39. The van der Waals surface area contributed by atoms with Gasteiger partial charge in [-0.15, -0.1) is 10.2 Å². The normalized spacial score (nSPS) is 19.0. The van der Waals surface area contributed by atoms with Gasteiger partial charge >= 0.3 is 0 Å². The lowest BCUT2D eigenvalue weighted by Crippen LogP contribution is -2.42. The van der Waals surface area contributed by atoms with Crippen LogP contribution in [0.25, 0.3) is 5.82 Å². The smallest absolute Gasteiger partial charge is 0.233 e. The number of carbonyl (C=O) groups excluding carboxylic acids is 1. The Balaban J connectivity index is 1.25. The van der Waals surface area contributed by atoms with Gasteiger partial charge in [0.2, 0.25) is 11.8 Å². The van der Waals surface area contributed by atoms with Crippen molar-refractivity contribution in [3.05, 3.63) is 30.6 Å². The summed E-state index contributed by atoms with van der Waals surface area (Å²) >= 11 is 0. The molecule has 0 radical (unpaired) electrons. The van der Waals surface area contributed by atoms with Crippen LogP contribution in [0.15, 0.2) is 30.6 Å². The van der Waals surface area contributed by atoms with Crippen molar-refractivity contribution in [1.82, 2.24) is 24.9 Å². The first-order chi connectivity index (χ1) is 12.8. The third-order valence-electron chi connectivity index (χ3n) is 5.39. The second-order valence-corrected chi connectivity index (χ2v) is 7.23. The molecule has 138 valence electrons. The van der Waals surface area contributed by atoms with Crippen LogP contribution in [-0.4, -0.2) is 50.0 Å². The molecule has 4 rings (SSSR count). The first-order valence-corrected chi connectivity index (χ1v) is 9.56. The van der Waals surface area contributed by atoms with E-state index < -0.39 is 0 Å². The van der Waals surface area contributed by atoms with Gasteiger partial charge in [-0.3, -0.25) is 4.79 Å². The first-order valence-electron chi connectivity index (χ1n) is 9.56. The summed E-state index contributed by atoms with van der Waals surface area (Å²) in [7, 11) is 0. The van der Waals surface area contributed by atoms with Crippen LogP contribution >= 0.6 is 0 Å². The molecule has 2 aromatic rings. The summed E-state index contributed by atoms with van der Waals surface area (Å²) < 4.78 is 7.61. The number of likely N-dealkylation sites (tertiary alicyclic amines) is 1. The molecule has 0 bridgehead atoms. The number of carbonyl (C=O) groups is 1. The van der Waals surface area contributed by atoms with E-state index in [0.717, 1.165) is 32.4 Å². The monoisotopic (exact) mass is 355 g/mol. The van der Waals surface area contributed by atoms with Gasteiger partial charge in [-0.25, -0.2) is 4.68 Å². The molecule has 7 nitrogen and oxygen atoms in total. The third kappa shape index (κ3) is 4.03. The zero-order valence-corrected chi connectivity index (χ0v) is 15.0. The summed E-state index contributed by atoms with van der Waals surface area (Å²) in [6.45, 7) is 1.55. The molecule has 2 fully saturated rings. The fourth-order valence-electron chi connectivity index (χ4n) is 3.89. The quantitative estimate of drug-likeness (QED) is 0.824. The van der Waals surface area contributed by atoms with Crippen LogP contribution in [0.3, 0.4) is 0 Å². The second-order valence-electron chi connectivity index (χ2n) is 7.23. The number of rotatable bonds is 5.